The molecular weight excluding hydrogens is 580 g/mol. The molecular formula is C33H34N4O6S. The van der Waals surface area contributed by atoms with Crippen molar-refractivity contribution in [1.29, 1.82) is 0 Å². The first-order valence-corrected chi connectivity index (χ1v) is 15.5. The molecule has 228 valence electrons. The van der Waals surface area contributed by atoms with Gasteiger partial charge in [0.25, 0.3) is 15.7 Å². The van der Waals surface area contributed by atoms with Gasteiger partial charge >= 0.3 is 0 Å². The Labute approximate surface area is 257 Å². The Bertz CT molecular complexity index is 1680. The Morgan fingerprint density at radius 3 is 2.00 bits per heavy atom. The summed E-state index contributed by atoms with van der Waals surface area (Å²) in [4.78, 5) is 39.9. The number of nitro benzene ring substituents is 1. The Kier molecular flexibility index (Phi) is 10.5. The highest BCUT2D eigenvalue weighted by Crippen LogP contribution is 2.27. The highest BCUT2D eigenvalue weighted by Gasteiger charge is 2.34. The lowest BCUT2D eigenvalue weighted by Gasteiger charge is -2.33. The van der Waals surface area contributed by atoms with Crippen LogP contribution in [-0.4, -0.2) is 49.2 Å². The molecule has 0 aromatic heterocycles. The number of nitro groups is 1. The summed E-state index contributed by atoms with van der Waals surface area (Å²) in [6.07, 6.45) is 0.202. The average Bonchev–Trinajstić information content (AvgIpc) is 3.03. The maximum Gasteiger partial charge on any atom is 0.269 e. The van der Waals surface area contributed by atoms with Crippen LogP contribution in [0.5, 0.6) is 0 Å². The van der Waals surface area contributed by atoms with Crippen LogP contribution in [-0.2, 0) is 32.6 Å². The summed E-state index contributed by atoms with van der Waals surface area (Å²) in [5, 5.41) is 14.1. The minimum absolute atomic E-state index is 0.0488. The lowest BCUT2D eigenvalue weighted by molar-refractivity contribution is -0.384. The number of likely N-dealkylation sites (N-methyl/N-ethyl adjacent to an activating group) is 1. The first-order chi connectivity index (χ1) is 21.1. The Morgan fingerprint density at radius 2 is 1.43 bits per heavy atom. The summed E-state index contributed by atoms with van der Waals surface area (Å²) >= 11 is 0. The smallest absolute Gasteiger partial charge is 0.269 e. The minimum atomic E-state index is -4.29. The van der Waals surface area contributed by atoms with Crippen LogP contribution < -0.4 is 9.62 Å². The molecule has 1 unspecified atom stereocenters. The molecule has 0 radical (unpaired) electrons. The molecule has 2 amide bonds. The summed E-state index contributed by atoms with van der Waals surface area (Å²) < 4.78 is 28.8. The lowest BCUT2D eigenvalue weighted by Crippen LogP contribution is -2.53. The van der Waals surface area contributed by atoms with E-state index >= 15 is 0 Å². The van der Waals surface area contributed by atoms with Crippen molar-refractivity contribution in [2.24, 2.45) is 0 Å². The number of aryl methyl sites for hydroxylation is 1. The number of carbonyl (C=O) groups excluding carboxylic acids is 2. The van der Waals surface area contributed by atoms with Gasteiger partial charge in [0.2, 0.25) is 11.8 Å². The number of sulfonamides is 1. The highest BCUT2D eigenvalue weighted by molar-refractivity contribution is 7.92. The van der Waals surface area contributed by atoms with Crippen molar-refractivity contribution in [3.8, 4) is 0 Å². The van der Waals surface area contributed by atoms with Crippen LogP contribution in [0.4, 0.5) is 11.4 Å². The van der Waals surface area contributed by atoms with Gasteiger partial charge in [0.05, 0.1) is 15.5 Å². The van der Waals surface area contributed by atoms with Gasteiger partial charge in [-0.2, -0.15) is 0 Å². The van der Waals surface area contributed by atoms with Crippen molar-refractivity contribution < 1.29 is 22.9 Å². The van der Waals surface area contributed by atoms with Crippen LogP contribution in [0.3, 0.4) is 0 Å². The Balaban J connectivity index is 1.79. The van der Waals surface area contributed by atoms with Crippen molar-refractivity contribution in [3.63, 3.8) is 0 Å². The number of nitrogens with zero attached hydrogens (tertiary/aromatic N) is 3. The highest BCUT2D eigenvalue weighted by atomic mass is 32.2. The van der Waals surface area contributed by atoms with Gasteiger partial charge < -0.3 is 10.2 Å². The summed E-state index contributed by atoms with van der Waals surface area (Å²) in [7, 11) is -4.29. The number of hydrogen-bond donors (Lipinski definition) is 1. The van der Waals surface area contributed by atoms with E-state index < -0.39 is 33.4 Å². The molecule has 0 fully saturated rings. The quantitative estimate of drug-likeness (QED) is 0.169. The second-order valence-electron chi connectivity index (χ2n) is 10.2. The second kappa shape index (κ2) is 14.4. The SMILES string of the molecule is CCNC(=O)C(Cc1ccccc1)N(Cc1ccc(C)cc1)C(=O)CN(c1ccc([N+](=O)[O-])cc1)S(=O)(=O)c1ccccc1. The van der Waals surface area contributed by atoms with Crippen LogP contribution >= 0.6 is 0 Å². The zero-order chi connectivity index (χ0) is 31.7. The number of nitrogens with one attached hydrogen (secondary N) is 1. The van der Waals surface area contributed by atoms with Gasteiger partial charge in [-0.1, -0.05) is 78.4 Å². The maximum atomic E-state index is 14.3. The fourth-order valence-corrected chi connectivity index (χ4v) is 6.16. The largest absolute Gasteiger partial charge is 0.355 e. The third-order valence-corrected chi connectivity index (χ3v) is 8.84. The molecule has 0 aliphatic heterocycles. The number of amides is 2. The van der Waals surface area contributed by atoms with Gasteiger partial charge in [-0.25, -0.2) is 8.42 Å². The molecule has 11 heteroatoms. The number of non-ortho nitro benzene ring substituents is 1. The first kappa shape index (κ1) is 31.9. The molecule has 0 saturated heterocycles. The standard InChI is InChI=1S/C33H34N4O6S/c1-3-34-33(39)31(22-26-10-6-4-7-11-26)35(23-27-16-14-25(2)15-17-27)32(38)24-36(28-18-20-29(21-19-28)37(40)41)44(42,43)30-12-8-5-9-13-30/h4-21,31H,3,22-24H2,1-2H3,(H,34,39). The summed E-state index contributed by atoms with van der Waals surface area (Å²) in [5.74, 6) is -0.986. The zero-order valence-corrected chi connectivity index (χ0v) is 25.3. The number of anilines is 1. The molecule has 1 N–H and O–H groups in total. The van der Waals surface area contributed by atoms with Gasteiger partial charge in [0, 0.05) is 31.6 Å². The topological polar surface area (TPSA) is 130 Å². The monoisotopic (exact) mass is 614 g/mol. The molecule has 0 heterocycles. The summed E-state index contributed by atoms with van der Waals surface area (Å²) in [5.41, 5.74) is 2.46. The van der Waals surface area contributed by atoms with Crippen LogP contribution in [0.15, 0.2) is 114 Å². The third kappa shape index (κ3) is 7.87. The van der Waals surface area contributed by atoms with E-state index in [-0.39, 0.29) is 35.1 Å². The predicted molar refractivity (Wildman–Crippen MR) is 168 cm³/mol. The Morgan fingerprint density at radius 1 is 0.841 bits per heavy atom. The molecule has 4 rings (SSSR count). The summed E-state index contributed by atoms with van der Waals surface area (Å²) in [6.45, 7) is 3.47. The van der Waals surface area contributed by atoms with Gasteiger partial charge in [0.1, 0.15) is 12.6 Å². The van der Waals surface area contributed by atoms with Gasteiger partial charge in [-0.3, -0.25) is 24.0 Å². The molecule has 0 spiro atoms. The lowest BCUT2D eigenvalue weighted by atomic mass is 10.0. The van der Waals surface area contributed by atoms with E-state index in [1.807, 2.05) is 61.5 Å². The molecule has 0 aliphatic carbocycles. The first-order valence-electron chi connectivity index (χ1n) is 14.1. The van der Waals surface area contributed by atoms with Crippen LogP contribution in [0.2, 0.25) is 0 Å². The van der Waals surface area contributed by atoms with E-state index in [0.717, 1.165) is 21.0 Å². The number of rotatable bonds is 13. The fourth-order valence-electron chi connectivity index (χ4n) is 4.73. The molecule has 0 bridgehead atoms. The van der Waals surface area contributed by atoms with E-state index in [2.05, 4.69) is 5.32 Å². The van der Waals surface area contributed by atoms with Crippen molar-refractivity contribution >= 4 is 33.2 Å². The summed E-state index contributed by atoms with van der Waals surface area (Å²) in [6, 6.07) is 28.4. The third-order valence-electron chi connectivity index (χ3n) is 7.05. The van der Waals surface area contributed by atoms with Crippen molar-refractivity contribution in [2.45, 2.75) is 37.8 Å². The molecule has 44 heavy (non-hydrogen) atoms. The fraction of sp³-hybridized carbons (Fsp3) is 0.212. The number of benzene rings is 4. The van der Waals surface area contributed by atoms with E-state index in [1.54, 1.807) is 25.1 Å². The van der Waals surface area contributed by atoms with E-state index in [1.165, 1.54) is 41.3 Å². The predicted octanol–water partition coefficient (Wildman–Crippen LogP) is 4.87. The van der Waals surface area contributed by atoms with E-state index in [0.29, 0.717) is 6.54 Å². The van der Waals surface area contributed by atoms with E-state index in [9.17, 15) is 28.1 Å². The maximum absolute atomic E-state index is 14.3. The van der Waals surface area contributed by atoms with Gasteiger partial charge in [0.15, 0.2) is 0 Å². The Hall–Kier alpha value is -5.03. The average molecular weight is 615 g/mol. The van der Waals surface area contributed by atoms with Gasteiger partial charge in [-0.05, 0) is 49.2 Å². The normalized spacial score (nSPS) is 11.8. The number of hydrogen-bond acceptors (Lipinski definition) is 6. The minimum Gasteiger partial charge on any atom is -0.355 e. The van der Waals surface area contributed by atoms with Crippen LogP contribution in [0.1, 0.15) is 23.6 Å². The van der Waals surface area contributed by atoms with Crippen LogP contribution in [0.25, 0.3) is 0 Å². The molecule has 10 nitrogen and oxygen atoms in total. The van der Waals surface area contributed by atoms with Gasteiger partial charge in [-0.15, -0.1) is 0 Å². The molecule has 0 aliphatic rings. The van der Waals surface area contributed by atoms with Crippen molar-refractivity contribution in [2.75, 3.05) is 17.4 Å². The number of carbonyl (C=O) groups is 2. The molecule has 4 aromatic rings. The van der Waals surface area contributed by atoms with Crippen molar-refractivity contribution in [1.82, 2.24) is 10.2 Å². The van der Waals surface area contributed by atoms with E-state index in [4.69, 9.17) is 0 Å². The zero-order valence-electron chi connectivity index (χ0n) is 24.5. The molecule has 0 saturated carbocycles. The van der Waals surface area contributed by atoms with Crippen LogP contribution in [0, 0.1) is 17.0 Å². The molecule has 1 atom stereocenters. The molecule has 4 aromatic carbocycles. The second-order valence-corrected chi connectivity index (χ2v) is 12.1. The van der Waals surface area contributed by atoms with Crippen molar-refractivity contribution in [3.05, 3.63) is 136 Å².